The molecule has 0 saturated heterocycles. The first-order chi connectivity index (χ1) is 11.9. The number of ketones is 2. The zero-order valence-corrected chi connectivity index (χ0v) is 13.0. The fraction of sp³-hybridized carbons (Fsp3) is 0.158. The predicted molar refractivity (Wildman–Crippen MR) is 84.3 cm³/mol. The maximum absolute atomic E-state index is 12.9. The van der Waals surface area contributed by atoms with Crippen LogP contribution in [0.2, 0.25) is 0 Å². The van der Waals surface area contributed by atoms with Gasteiger partial charge in [0.2, 0.25) is 0 Å². The number of carbonyl (C=O) groups is 2. The van der Waals surface area contributed by atoms with Crippen molar-refractivity contribution in [1.29, 1.82) is 0 Å². The Morgan fingerprint density at radius 3 is 2.20 bits per heavy atom. The number of allylic oxidation sites excluding steroid dienone is 1. The molecule has 1 aliphatic carbocycles. The van der Waals surface area contributed by atoms with Crippen LogP contribution in [-0.4, -0.2) is 18.2 Å². The molecule has 3 rings (SSSR count). The van der Waals surface area contributed by atoms with Crippen molar-refractivity contribution in [3.8, 4) is 0 Å². The van der Waals surface area contributed by atoms with E-state index in [0.29, 0.717) is 5.56 Å². The number of hydrogen-bond donors (Lipinski definition) is 0. The van der Waals surface area contributed by atoms with Gasteiger partial charge in [0, 0.05) is 16.7 Å². The maximum atomic E-state index is 12.9. The number of Topliss-reactive ketones (excluding diaryl/α,β-unsaturated/α-hetero) is 1. The monoisotopic (exact) mass is 346 g/mol. The van der Waals surface area contributed by atoms with E-state index in [1.165, 1.54) is 24.3 Å². The van der Waals surface area contributed by atoms with E-state index in [1.54, 1.807) is 24.3 Å². The number of fused-ring (bicyclic) bond motifs is 1. The van der Waals surface area contributed by atoms with Crippen molar-refractivity contribution in [2.45, 2.75) is 12.8 Å². The Balaban J connectivity index is 1.72. The lowest BCUT2D eigenvalue weighted by Crippen LogP contribution is -2.20. The van der Waals surface area contributed by atoms with Crippen molar-refractivity contribution in [3.63, 3.8) is 0 Å². The van der Waals surface area contributed by atoms with E-state index in [0.717, 1.165) is 6.07 Å². The lowest BCUT2D eigenvalue weighted by Gasteiger charge is -2.16. The van der Waals surface area contributed by atoms with Gasteiger partial charge in [-0.3, -0.25) is 9.59 Å². The average molecular weight is 346 g/mol. The highest BCUT2D eigenvalue weighted by molar-refractivity contribution is 6.24. The number of benzene rings is 2. The van der Waals surface area contributed by atoms with Gasteiger partial charge in [0.1, 0.15) is 0 Å². The van der Waals surface area contributed by atoms with Crippen molar-refractivity contribution in [3.05, 3.63) is 82.4 Å². The molecular formula is C19H13F3O3. The normalized spacial score (nSPS) is 14.3. The Labute approximate surface area is 141 Å². The van der Waals surface area contributed by atoms with Crippen LogP contribution in [0, 0.1) is 0 Å². The maximum Gasteiger partial charge on any atom is 0.416 e. The molecule has 2 aromatic rings. The van der Waals surface area contributed by atoms with Crippen LogP contribution in [0.3, 0.4) is 0 Å². The molecule has 128 valence electrons. The van der Waals surface area contributed by atoms with Crippen molar-refractivity contribution < 1.29 is 27.5 Å². The molecule has 25 heavy (non-hydrogen) atoms. The SMILES string of the molecule is O=C1C=C(COCc2ccccc2C(F)(F)F)C(=O)c2ccccc21. The first kappa shape index (κ1) is 17.1. The predicted octanol–water partition coefficient (Wildman–Crippen LogP) is 4.23. The Kier molecular flexibility index (Phi) is 4.55. The summed E-state index contributed by atoms with van der Waals surface area (Å²) in [6, 6.07) is 11.5. The Morgan fingerprint density at radius 1 is 0.840 bits per heavy atom. The van der Waals surface area contributed by atoms with E-state index in [4.69, 9.17) is 4.74 Å². The van der Waals surface area contributed by atoms with Crippen LogP contribution in [0.4, 0.5) is 13.2 Å². The van der Waals surface area contributed by atoms with E-state index in [-0.39, 0.29) is 41.5 Å². The van der Waals surface area contributed by atoms with Crippen molar-refractivity contribution >= 4 is 11.6 Å². The number of ether oxygens (including phenoxy) is 1. The zero-order chi connectivity index (χ0) is 18.0. The van der Waals surface area contributed by atoms with Crippen LogP contribution < -0.4 is 0 Å². The average Bonchev–Trinajstić information content (AvgIpc) is 2.59. The molecule has 0 heterocycles. The fourth-order valence-corrected chi connectivity index (χ4v) is 2.67. The van der Waals surface area contributed by atoms with E-state index >= 15 is 0 Å². The minimum atomic E-state index is -4.48. The summed E-state index contributed by atoms with van der Waals surface area (Å²) >= 11 is 0. The van der Waals surface area contributed by atoms with Gasteiger partial charge in [0.05, 0.1) is 18.8 Å². The summed E-state index contributed by atoms with van der Waals surface area (Å²) in [6.45, 7) is -0.540. The summed E-state index contributed by atoms with van der Waals surface area (Å²) in [7, 11) is 0. The molecule has 6 heteroatoms. The number of carbonyl (C=O) groups excluding carboxylic acids is 2. The second-order valence-corrected chi connectivity index (χ2v) is 5.56. The summed E-state index contributed by atoms with van der Waals surface area (Å²) in [4.78, 5) is 24.4. The first-order valence-electron chi connectivity index (χ1n) is 7.49. The highest BCUT2D eigenvalue weighted by Crippen LogP contribution is 2.32. The molecule has 0 fully saturated rings. The molecule has 0 atom stereocenters. The third-order valence-electron chi connectivity index (χ3n) is 3.87. The molecule has 0 aromatic heterocycles. The lowest BCUT2D eigenvalue weighted by molar-refractivity contribution is -0.138. The van der Waals surface area contributed by atoms with Crippen LogP contribution in [0.15, 0.2) is 60.2 Å². The van der Waals surface area contributed by atoms with Crippen LogP contribution in [0.5, 0.6) is 0 Å². The van der Waals surface area contributed by atoms with Gasteiger partial charge in [-0.15, -0.1) is 0 Å². The number of rotatable bonds is 4. The Bertz CT molecular complexity index is 866. The molecule has 0 spiro atoms. The second kappa shape index (κ2) is 6.64. The van der Waals surface area contributed by atoms with E-state index < -0.39 is 11.7 Å². The third-order valence-corrected chi connectivity index (χ3v) is 3.87. The van der Waals surface area contributed by atoms with Crippen molar-refractivity contribution in [2.24, 2.45) is 0 Å². The molecule has 0 N–H and O–H groups in total. The van der Waals surface area contributed by atoms with E-state index in [9.17, 15) is 22.8 Å². The van der Waals surface area contributed by atoms with Crippen LogP contribution in [0.25, 0.3) is 0 Å². The zero-order valence-electron chi connectivity index (χ0n) is 13.0. The highest BCUT2D eigenvalue weighted by atomic mass is 19.4. The third kappa shape index (κ3) is 3.53. The molecular weight excluding hydrogens is 333 g/mol. The fourth-order valence-electron chi connectivity index (χ4n) is 2.67. The van der Waals surface area contributed by atoms with Gasteiger partial charge in [-0.2, -0.15) is 13.2 Å². The molecule has 0 bridgehead atoms. The van der Waals surface area contributed by atoms with Gasteiger partial charge in [-0.05, 0) is 17.7 Å². The van der Waals surface area contributed by atoms with Crippen molar-refractivity contribution in [2.75, 3.05) is 6.61 Å². The van der Waals surface area contributed by atoms with Gasteiger partial charge >= 0.3 is 6.18 Å². The minimum absolute atomic E-state index is 0.0226. The van der Waals surface area contributed by atoms with Gasteiger partial charge in [-0.1, -0.05) is 42.5 Å². The number of alkyl halides is 3. The van der Waals surface area contributed by atoms with Crippen LogP contribution in [0.1, 0.15) is 31.8 Å². The number of hydrogen-bond acceptors (Lipinski definition) is 3. The molecule has 0 amide bonds. The summed E-state index contributed by atoms with van der Waals surface area (Å²) < 4.78 is 44.1. The van der Waals surface area contributed by atoms with E-state index in [1.807, 2.05) is 0 Å². The molecule has 0 saturated carbocycles. The summed E-state index contributed by atoms with van der Waals surface area (Å²) in [6.07, 6.45) is -3.30. The van der Waals surface area contributed by atoms with E-state index in [2.05, 4.69) is 0 Å². The lowest BCUT2D eigenvalue weighted by atomic mass is 9.90. The van der Waals surface area contributed by atoms with Gasteiger partial charge in [0.25, 0.3) is 0 Å². The standard InChI is InChI=1S/C19H13F3O3/c20-19(21,22)16-8-4-1-5-12(16)10-25-11-13-9-17(23)14-6-2-3-7-15(14)18(13)24/h1-9H,10-11H2. The first-order valence-corrected chi connectivity index (χ1v) is 7.49. The quantitative estimate of drug-likeness (QED) is 0.832. The number of halogens is 3. The second-order valence-electron chi connectivity index (χ2n) is 5.56. The largest absolute Gasteiger partial charge is 0.416 e. The molecule has 0 aliphatic heterocycles. The molecule has 0 radical (unpaired) electrons. The molecule has 1 aliphatic rings. The van der Waals surface area contributed by atoms with Gasteiger partial charge < -0.3 is 4.74 Å². The molecule has 3 nitrogen and oxygen atoms in total. The van der Waals surface area contributed by atoms with Crippen LogP contribution in [-0.2, 0) is 17.5 Å². The molecule has 2 aromatic carbocycles. The van der Waals surface area contributed by atoms with Crippen molar-refractivity contribution in [1.82, 2.24) is 0 Å². The van der Waals surface area contributed by atoms with Crippen LogP contribution >= 0.6 is 0 Å². The smallest absolute Gasteiger partial charge is 0.372 e. The molecule has 0 unspecified atom stereocenters. The minimum Gasteiger partial charge on any atom is -0.372 e. The van der Waals surface area contributed by atoms with Gasteiger partial charge in [0.15, 0.2) is 11.6 Å². The Morgan fingerprint density at radius 2 is 1.48 bits per heavy atom. The van der Waals surface area contributed by atoms with Gasteiger partial charge in [-0.25, -0.2) is 0 Å². The summed E-state index contributed by atoms with van der Waals surface area (Å²) in [5.41, 5.74) is -0.0675. The Hall–Kier alpha value is -2.73. The summed E-state index contributed by atoms with van der Waals surface area (Å²) in [5.74, 6) is -0.663. The summed E-state index contributed by atoms with van der Waals surface area (Å²) in [5, 5.41) is 0. The highest BCUT2D eigenvalue weighted by Gasteiger charge is 2.33. The topological polar surface area (TPSA) is 43.4 Å².